The van der Waals surface area contributed by atoms with Gasteiger partial charge in [0.2, 0.25) is 0 Å². The summed E-state index contributed by atoms with van der Waals surface area (Å²) < 4.78 is 11.6. The van der Waals surface area contributed by atoms with Crippen LogP contribution >= 0.6 is 11.8 Å². The summed E-state index contributed by atoms with van der Waals surface area (Å²) >= 11 is 1.54. The highest BCUT2D eigenvalue weighted by molar-refractivity contribution is 8.12. The van der Waals surface area contributed by atoms with Crippen molar-refractivity contribution in [2.75, 3.05) is 12.0 Å². The molecule has 2 rings (SSSR count). The standard InChI is InChI=1S/C12H16O2S2/c1-15-12(8-5-9-16(12)14)11(13)10-6-3-2-4-7-10/h2-4,6-7,11,13H,5,8-9H2,1H3/t11?,12-,16?/m0/s1. The zero-order valence-electron chi connectivity index (χ0n) is 9.26. The molecule has 1 aromatic carbocycles. The molecular weight excluding hydrogens is 240 g/mol. The lowest BCUT2D eigenvalue weighted by Crippen LogP contribution is -2.33. The highest BCUT2D eigenvalue weighted by atomic mass is 32.2. The van der Waals surface area contributed by atoms with E-state index in [0.717, 1.165) is 18.4 Å². The average molecular weight is 256 g/mol. The predicted molar refractivity (Wildman–Crippen MR) is 69.9 cm³/mol. The average Bonchev–Trinajstić information content (AvgIpc) is 2.72. The first-order valence-corrected chi connectivity index (χ1v) is 7.92. The molecule has 1 N–H and O–H groups in total. The summed E-state index contributed by atoms with van der Waals surface area (Å²) in [5.41, 5.74) is 0.868. The topological polar surface area (TPSA) is 37.3 Å². The Bertz CT molecular complexity index is 380. The van der Waals surface area contributed by atoms with E-state index in [1.807, 2.05) is 36.6 Å². The van der Waals surface area contributed by atoms with Crippen LogP contribution in [0.2, 0.25) is 0 Å². The van der Waals surface area contributed by atoms with Crippen molar-refractivity contribution in [3.8, 4) is 0 Å². The molecule has 4 heteroatoms. The molecule has 2 nitrogen and oxygen atoms in total. The smallest absolute Gasteiger partial charge is 0.121 e. The van der Waals surface area contributed by atoms with Crippen molar-refractivity contribution in [3.05, 3.63) is 35.9 Å². The first-order valence-electron chi connectivity index (χ1n) is 5.37. The Morgan fingerprint density at radius 1 is 1.44 bits per heavy atom. The lowest BCUT2D eigenvalue weighted by Gasteiger charge is -2.31. The molecule has 0 spiro atoms. The van der Waals surface area contributed by atoms with E-state index in [4.69, 9.17) is 0 Å². The van der Waals surface area contributed by atoms with Crippen molar-refractivity contribution in [1.82, 2.24) is 0 Å². The molecule has 88 valence electrons. The van der Waals surface area contributed by atoms with Gasteiger partial charge in [0.25, 0.3) is 0 Å². The summed E-state index contributed by atoms with van der Waals surface area (Å²) in [7, 11) is -0.937. The first kappa shape index (κ1) is 12.1. The van der Waals surface area contributed by atoms with Gasteiger partial charge in [-0.25, -0.2) is 0 Å². The molecule has 0 aliphatic carbocycles. The van der Waals surface area contributed by atoms with Crippen LogP contribution in [0.4, 0.5) is 0 Å². The Kier molecular flexibility index (Phi) is 3.72. The maximum Gasteiger partial charge on any atom is 0.121 e. The minimum atomic E-state index is -0.937. The predicted octanol–water partition coefficient (Wildman–Crippen LogP) is 2.32. The van der Waals surface area contributed by atoms with Crippen LogP contribution < -0.4 is 0 Å². The second-order valence-corrected chi connectivity index (χ2v) is 7.21. The fraction of sp³-hybridized carbons (Fsp3) is 0.500. The van der Waals surface area contributed by atoms with E-state index < -0.39 is 21.0 Å². The van der Waals surface area contributed by atoms with Gasteiger partial charge in [0.1, 0.15) is 10.2 Å². The SMILES string of the molecule is CS[C@@]1(C(O)c2ccccc2)CCCS1=O. The molecule has 1 aliphatic rings. The van der Waals surface area contributed by atoms with E-state index in [9.17, 15) is 9.32 Å². The van der Waals surface area contributed by atoms with Gasteiger partial charge >= 0.3 is 0 Å². The van der Waals surface area contributed by atoms with Crippen LogP contribution in [0.5, 0.6) is 0 Å². The fourth-order valence-electron chi connectivity index (χ4n) is 2.19. The molecule has 1 aromatic rings. The highest BCUT2D eigenvalue weighted by Gasteiger charge is 2.47. The van der Waals surface area contributed by atoms with Crippen molar-refractivity contribution < 1.29 is 9.32 Å². The fourth-order valence-corrected chi connectivity index (χ4v) is 5.40. The van der Waals surface area contributed by atoms with Crippen molar-refractivity contribution in [3.63, 3.8) is 0 Å². The van der Waals surface area contributed by atoms with Crippen LogP contribution in [0.3, 0.4) is 0 Å². The Labute approximate surface area is 103 Å². The summed E-state index contributed by atoms with van der Waals surface area (Å²) in [4.78, 5) is 0. The van der Waals surface area contributed by atoms with Crippen molar-refractivity contribution >= 4 is 22.6 Å². The van der Waals surface area contributed by atoms with Gasteiger partial charge < -0.3 is 5.11 Å². The maximum absolute atomic E-state index is 12.1. The molecule has 2 unspecified atom stereocenters. The van der Waals surface area contributed by atoms with Gasteiger partial charge in [-0.1, -0.05) is 30.3 Å². The summed E-state index contributed by atoms with van der Waals surface area (Å²) in [6.07, 6.45) is 3.08. The Morgan fingerprint density at radius 2 is 2.12 bits per heavy atom. The van der Waals surface area contributed by atoms with E-state index >= 15 is 0 Å². The van der Waals surface area contributed by atoms with Crippen LogP contribution in [0, 0.1) is 0 Å². The van der Waals surface area contributed by atoms with Gasteiger partial charge in [0.05, 0.1) is 0 Å². The largest absolute Gasteiger partial charge is 0.386 e. The minimum absolute atomic E-state index is 0.499. The van der Waals surface area contributed by atoms with E-state index in [1.54, 1.807) is 11.8 Å². The molecule has 3 atom stereocenters. The molecule has 0 aromatic heterocycles. The van der Waals surface area contributed by atoms with Crippen LogP contribution in [-0.4, -0.2) is 25.4 Å². The molecule has 0 radical (unpaired) electrons. The Hall–Kier alpha value is -0.320. The molecule has 0 saturated carbocycles. The number of hydrogen-bond acceptors (Lipinski definition) is 3. The zero-order chi connectivity index (χ0) is 11.6. The van der Waals surface area contributed by atoms with Crippen molar-refractivity contribution in [1.29, 1.82) is 0 Å². The number of thioether (sulfide) groups is 1. The second kappa shape index (κ2) is 4.90. The number of aliphatic hydroxyl groups excluding tert-OH is 1. The summed E-state index contributed by atoms with van der Waals surface area (Å²) in [5.74, 6) is 0.713. The monoisotopic (exact) mass is 256 g/mol. The first-order chi connectivity index (χ1) is 7.70. The molecule has 1 saturated heterocycles. The molecule has 0 bridgehead atoms. The summed E-state index contributed by atoms with van der Waals surface area (Å²) in [6, 6.07) is 9.54. The van der Waals surface area contributed by atoms with E-state index in [0.29, 0.717) is 5.75 Å². The van der Waals surface area contributed by atoms with Crippen LogP contribution in [0.25, 0.3) is 0 Å². The minimum Gasteiger partial charge on any atom is -0.386 e. The van der Waals surface area contributed by atoms with Crippen molar-refractivity contribution in [2.45, 2.75) is 23.0 Å². The third-order valence-corrected chi connectivity index (χ3v) is 7.15. The number of rotatable bonds is 3. The van der Waals surface area contributed by atoms with Crippen LogP contribution in [-0.2, 0) is 10.8 Å². The number of hydrogen-bond donors (Lipinski definition) is 1. The Morgan fingerprint density at radius 3 is 2.62 bits per heavy atom. The number of benzene rings is 1. The molecule has 1 aliphatic heterocycles. The Balaban J connectivity index is 2.32. The number of aliphatic hydroxyl groups is 1. The van der Waals surface area contributed by atoms with Crippen molar-refractivity contribution in [2.24, 2.45) is 0 Å². The lowest BCUT2D eigenvalue weighted by molar-refractivity contribution is 0.160. The normalized spacial score (nSPS) is 31.5. The van der Waals surface area contributed by atoms with E-state index in [-0.39, 0.29) is 0 Å². The summed E-state index contributed by atoms with van der Waals surface area (Å²) in [6.45, 7) is 0. The third-order valence-electron chi connectivity index (χ3n) is 3.12. The highest BCUT2D eigenvalue weighted by Crippen LogP contribution is 2.47. The summed E-state index contributed by atoms with van der Waals surface area (Å²) in [5, 5.41) is 10.4. The second-order valence-electron chi connectivity index (χ2n) is 3.98. The van der Waals surface area contributed by atoms with Crippen LogP contribution in [0.15, 0.2) is 30.3 Å². The van der Waals surface area contributed by atoms with Gasteiger partial charge in [-0.3, -0.25) is 4.21 Å². The van der Waals surface area contributed by atoms with Gasteiger partial charge in [-0.15, -0.1) is 11.8 Å². The molecule has 1 fully saturated rings. The molecular formula is C12H16O2S2. The lowest BCUT2D eigenvalue weighted by atomic mass is 10.0. The molecule has 1 heterocycles. The molecule has 0 amide bonds. The van der Waals surface area contributed by atoms with Gasteiger partial charge in [-0.2, -0.15) is 0 Å². The van der Waals surface area contributed by atoms with Gasteiger partial charge in [0, 0.05) is 16.6 Å². The maximum atomic E-state index is 12.1. The quantitative estimate of drug-likeness (QED) is 0.902. The van der Waals surface area contributed by atoms with E-state index in [1.165, 1.54) is 0 Å². The third kappa shape index (κ3) is 1.94. The zero-order valence-corrected chi connectivity index (χ0v) is 10.9. The molecule has 16 heavy (non-hydrogen) atoms. The van der Waals surface area contributed by atoms with Gasteiger partial charge in [0.15, 0.2) is 0 Å². The van der Waals surface area contributed by atoms with Crippen LogP contribution in [0.1, 0.15) is 24.5 Å². The van der Waals surface area contributed by atoms with Gasteiger partial charge in [-0.05, 0) is 24.7 Å². The van der Waals surface area contributed by atoms with E-state index in [2.05, 4.69) is 0 Å².